The Morgan fingerprint density at radius 1 is 0.492 bits per heavy atom. The monoisotopic (exact) mass is 895 g/mol. The molecule has 10 heteroatoms. The van der Waals surface area contributed by atoms with Gasteiger partial charge in [0.1, 0.15) is 31.0 Å². The number of hydrogen-bond donors (Lipinski definition) is 4. The highest BCUT2D eigenvalue weighted by Gasteiger charge is 2.44. The maximum Gasteiger partial charge on any atom is 0.306 e. The van der Waals surface area contributed by atoms with E-state index in [9.17, 15) is 30.0 Å². The molecule has 0 radical (unpaired) electrons. The highest BCUT2D eigenvalue weighted by atomic mass is 16.7. The van der Waals surface area contributed by atoms with Gasteiger partial charge in [-0.25, -0.2) is 0 Å². The molecule has 0 aliphatic carbocycles. The first-order chi connectivity index (χ1) is 30.8. The second-order valence-electron chi connectivity index (χ2n) is 18.3. The lowest BCUT2D eigenvalue weighted by Gasteiger charge is -2.39. The van der Waals surface area contributed by atoms with Crippen molar-refractivity contribution in [2.24, 2.45) is 0 Å². The van der Waals surface area contributed by atoms with E-state index in [-0.39, 0.29) is 32.0 Å². The van der Waals surface area contributed by atoms with Crippen LogP contribution in [0.15, 0.2) is 24.3 Å². The molecule has 0 aromatic rings. The standard InChI is InChI=1S/C53H98O10/c1-3-5-7-9-11-13-15-17-19-21-23-25-27-29-31-33-35-37-39-41-48(55)60-44-46(45-61-53-52(59)51(58)50(57)47(43-54)63-53)62-49(56)42-40-38-36-34-32-30-28-26-24-22-20-18-16-14-12-10-8-6-4-2/h11,13,17,19,46-47,50-54,57-59H,3-10,12,14-16,18,20-45H2,1-2H3/b13-11+,19-17+/t46-,47-,50+,51?,52?,53-/m0/s1. The third kappa shape index (κ3) is 35.1. The van der Waals surface area contributed by atoms with Crippen LogP contribution in [0, 0.1) is 0 Å². The van der Waals surface area contributed by atoms with Crippen LogP contribution >= 0.6 is 0 Å². The van der Waals surface area contributed by atoms with Crippen LogP contribution in [0.2, 0.25) is 0 Å². The first kappa shape index (κ1) is 59.2. The largest absolute Gasteiger partial charge is 0.462 e. The number of carbonyl (C=O) groups is 2. The zero-order chi connectivity index (χ0) is 45.9. The molecule has 0 saturated carbocycles. The van der Waals surface area contributed by atoms with E-state index in [4.69, 9.17) is 18.9 Å². The summed E-state index contributed by atoms with van der Waals surface area (Å²) in [5, 5.41) is 40.2. The minimum atomic E-state index is -1.59. The average molecular weight is 895 g/mol. The van der Waals surface area contributed by atoms with Gasteiger partial charge in [-0.3, -0.25) is 9.59 Å². The Hall–Kier alpha value is -1.82. The third-order valence-electron chi connectivity index (χ3n) is 12.3. The molecule has 1 aliphatic heterocycles. The minimum absolute atomic E-state index is 0.215. The lowest BCUT2D eigenvalue weighted by Crippen LogP contribution is -2.59. The van der Waals surface area contributed by atoms with Gasteiger partial charge in [0, 0.05) is 12.8 Å². The van der Waals surface area contributed by atoms with Crippen LogP contribution in [0.3, 0.4) is 0 Å². The van der Waals surface area contributed by atoms with Gasteiger partial charge in [-0.1, -0.05) is 212 Å². The molecule has 0 aromatic heterocycles. The van der Waals surface area contributed by atoms with Gasteiger partial charge >= 0.3 is 11.9 Å². The Balaban J connectivity index is 2.24. The summed E-state index contributed by atoms with van der Waals surface area (Å²) in [7, 11) is 0. The van der Waals surface area contributed by atoms with Crippen LogP contribution < -0.4 is 0 Å². The van der Waals surface area contributed by atoms with Crippen LogP contribution in [0.4, 0.5) is 0 Å². The fourth-order valence-electron chi connectivity index (χ4n) is 8.16. The molecule has 10 nitrogen and oxygen atoms in total. The van der Waals surface area contributed by atoms with Crippen molar-refractivity contribution in [3.05, 3.63) is 24.3 Å². The molecule has 370 valence electrons. The number of unbranched alkanes of at least 4 members (excludes halogenated alkanes) is 30. The summed E-state index contributed by atoms with van der Waals surface area (Å²) in [5.41, 5.74) is 0. The summed E-state index contributed by atoms with van der Waals surface area (Å²) in [6.07, 6.45) is 43.2. The lowest BCUT2D eigenvalue weighted by molar-refractivity contribution is -0.305. The van der Waals surface area contributed by atoms with E-state index in [1.54, 1.807) is 0 Å². The van der Waals surface area contributed by atoms with Crippen LogP contribution in [0.5, 0.6) is 0 Å². The first-order valence-electron chi connectivity index (χ1n) is 26.4. The Kier molecular flexibility index (Phi) is 41.4. The van der Waals surface area contributed by atoms with Gasteiger partial charge in [-0.15, -0.1) is 0 Å². The molecule has 2 unspecified atom stereocenters. The quantitative estimate of drug-likeness (QED) is 0.0264. The molecule has 6 atom stereocenters. The van der Waals surface area contributed by atoms with Crippen molar-refractivity contribution < 1.29 is 49.0 Å². The van der Waals surface area contributed by atoms with E-state index in [1.165, 1.54) is 154 Å². The second kappa shape index (κ2) is 44.0. The average Bonchev–Trinajstić information content (AvgIpc) is 3.28. The summed E-state index contributed by atoms with van der Waals surface area (Å²) >= 11 is 0. The number of carbonyl (C=O) groups excluding carboxylic acids is 2. The zero-order valence-corrected chi connectivity index (χ0v) is 40.6. The Bertz CT molecular complexity index is 1080. The molecule has 1 rings (SSSR count). The van der Waals surface area contributed by atoms with E-state index in [1.807, 2.05) is 0 Å². The summed E-state index contributed by atoms with van der Waals surface area (Å²) in [6.45, 7) is 3.44. The van der Waals surface area contributed by atoms with Crippen molar-refractivity contribution in [2.75, 3.05) is 19.8 Å². The van der Waals surface area contributed by atoms with E-state index in [0.717, 1.165) is 57.8 Å². The maximum absolute atomic E-state index is 12.8. The molecule has 1 aliphatic rings. The summed E-state index contributed by atoms with van der Waals surface area (Å²) < 4.78 is 22.3. The van der Waals surface area contributed by atoms with E-state index in [2.05, 4.69) is 38.2 Å². The van der Waals surface area contributed by atoms with Crippen molar-refractivity contribution in [2.45, 2.75) is 282 Å². The molecule has 4 N–H and O–H groups in total. The van der Waals surface area contributed by atoms with Crippen molar-refractivity contribution >= 4 is 11.9 Å². The molecule has 1 fully saturated rings. The van der Waals surface area contributed by atoms with Crippen LogP contribution in [0.1, 0.15) is 245 Å². The van der Waals surface area contributed by atoms with Crippen LogP contribution in [-0.2, 0) is 28.5 Å². The number of rotatable bonds is 45. The molecule has 0 aromatic carbocycles. The fourth-order valence-corrected chi connectivity index (χ4v) is 8.16. The summed E-state index contributed by atoms with van der Waals surface area (Å²) in [5.74, 6) is -0.798. The van der Waals surface area contributed by atoms with Gasteiger partial charge in [0.2, 0.25) is 0 Å². The van der Waals surface area contributed by atoms with Gasteiger partial charge in [0.25, 0.3) is 0 Å². The highest BCUT2D eigenvalue weighted by molar-refractivity contribution is 5.70. The number of aliphatic hydroxyl groups excluding tert-OH is 4. The van der Waals surface area contributed by atoms with E-state index >= 15 is 0 Å². The predicted molar refractivity (Wildman–Crippen MR) is 256 cm³/mol. The van der Waals surface area contributed by atoms with Crippen LogP contribution in [0.25, 0.3) is 0 Å². The van der Waals surface area contributed by atoms with Crippen molar-refractivity contribution in [1.29, 1.82) is 0 Å². The first-order valence-corrected chi connectivity index (χ1v) is 26.4. The molecule has 1 saturated heterocycles. The molecule has 63 heavy (non-hydrogen) atoms. The maximum atomic E-state index is 12.8. The third-order valence-corrected chi connectivity index (χ3v) is 12.3. The topological polar surface area (TPSA) is 152 Å². The van der Waals surface area contributed by atoms with Gasteiger partial charge in [0.05, 0.1) is 13.2 Å². The lowest BCUT2D eigenvalue weighted by atomic mass is 9.99. The Morgan fingerprint density at radius 3 is 1.35 bits per heavy atom. The van der Waals surface area contributed by atoms with Gasteiger partial charge in [-0.05, 0) is 44.9 Å². The predicted octanol–water partition coefficient (Wildman–Crippen LogP) is 12.5. The fraction of sp³-hybridized carbons (Fsp3) is 0.887. The molecule has 0 bridgehead atoms. The van der Waals surface area contributed by atoms with Crippen molar-refractivity contribution in [1.82, 2.24) is 0 Å². The number of esters is 2. The number of allylic oxidation sites excluding steroid dienone is 4. The molecule has 0 spiro atoms. The van der Waals surface area contributed by atoms with Crippen molar-refractivity contribution in [3.63, 3.8) is 0 Å². The van der Waals surface area contributed by atoms with Crippen LogP contribution in [-0.4, -0.2) is 89.0 Å². The van der Waals surface area contributed by atoms with E-state index in [0.29, 0.717) is 6.42 Å². The number of hydrogen-bond acceptors (Lipinski definition) is 10. The molecular formula is C53H98O10. The SMILES string of the molecule is CCCCC/C=C/C/C=C/CCCCCCCCCCCC(=O)OC[C@@H](CO[C@H]1O[C@@H](CO)[C@@H](O)C(O)C1O)OC(=O)CCCCCCCCCCCCCCCCCCCCC. The molecule has 1 heterocycles. The second-order valence-corrected chi connectivity index (χ2v) is 18.3. The summed E-state index contributed by atoms with van der Waals surface area (Å²) in [6, 6.07) is 0. The van der Waals surface area contributed by atoms with Gasteiger partial charge < -0.3 is 39.4 Å². The normalized spacial score (nSPS) is 19.6. The number of aliphatic hydroxyl groups is 4. The number of ether oxygens (including phenoxy) is 4. The molecular weight excluding hydrogens is 797 g/mol. The minimum Gasteiger partial charge on any atom is -0.462 e. The Labute approximate surface area is 385 Å². The highest BCUT2D eigenvalue weighted by Crippen LogP contribution is 2.23. The van der Waals surface area contributed by atoms with Gasteiger partial charge in [-0.2, -0.15) is 0 Å². The Morgan fingerprint density at radius 2 is 0.889 bits per heavy atom. The smallest absolute Gasteiger partial charge is 0.306 e. The van der Waals surface area contributed by atoms with Gasteiger partial charge in [0.15, 0.2) is 12.4 Å². The zero-order valence-electron chi connectivity index (χ0n) is 40.6. The molecule has 0 amide bonds. The van der Waals surface area contributed by atoms with Crippen molar-refractivity contribution in [3.8, 4) is 0 Å². The van der Waals surface area contributed by atoms with E-state index < -0.39 is 49.4 Å². The summed E-state index contributed by atoms with van der Waals surface area (Å²) in [4.78, 5) is 25.5.